The number of esters is 1. The first-order chi connectivity index (χ1) is 11.8. The minimum Gasteiger partial charge on any atom is -0.465 e. The minimum atomic E-state index is -4.42. The van der Waals surface area contributed by atoms with Crippen molar-refractivity contribution in [3.8, 4) is 0 Å². The average Bonchev–Trinajstić information content (AvgIpc) is 2.97. The van der Waals surface area contributed by atoms with E-state index in [-0.39, 0.29) is 17.7 Å². The molecule has 7 heteroatoms. The maximum atomic E-state index is 14.5. The van der Waals surface area contributed by atoms with Crippen molar-refractivity contribution < 1.29 is 27.1 Å². The summed E-state index contributed by atoms with van der Waals surface area (Å²) >= 11 is 0. The highest BCUT2D eigenvalue weighted by Crippen LogP contribution is 2.32. The molecule has 3 rings (SSSR count). The monoisotopic (exact) mass is 351 g/mol. The summed E-state index contributed by atoms with van der Waals surface area (Å²) in [6, 6.07) is 9.27. The predicted octanol–water partition coefficient (Wildman–Crippen LogP) is 4.63. The molecule has 0 aliphatic carbocycles. The predicted molar refractivity (Wildman–Crippen MR) is 83.8 cm³/mol. The molecule has 0 bridgehead atoms. The standard InChI is InChI=1S/C18H13F4NO2/c1-25-17(24)14-4-2-3-12(16(14)19)10-23-8-7-11-9-13(18(20,21)22)5-6-15(11)23/h2-9H,10H2,1H3. The Morgan fingerprint density at radius 3 is 2.60 bits per heavy atom. The van der Waals surface area contributed by atoms with Gasteiger partial charge in [0.2, 0.25) is 0 Å². The van der Waals surface area contributed by atoms with Gasteiger partial charge in [-0.25, -0.2) is 9.18 Å². The van der Waals surface area contributed by atoms with Crippen LogP contribution in [-0.4, -0.2) is 17.6 Å². The van der Waals surface area contributed by atoms with Crippen LogP contribution in [0.4, 0.5) is 17.6 Å². The third-order valence-electron chi connectivity index (χ3n) is 3.92. The number of aromatic nitrogens is 1. The molecule has 0 atom stereocenters. The highest BCUT2D eigenvalue weighted by atomic mass is 19.4. The molecule has 0 fully saturated rings. The first-order valence-electron chi connectivity index (χ1n) is 7.33. The molecular weight excluding hydrogens is 338 g/mol. The quantitative estimate of drug-likeness (QED) is 0.509. The van der Waals surface area contributed by atoms with Crippen LogP contribution < -0.4 is 0 Å². The number of fused-ring (bicyclic) bond motifs is 1. The number of halogens is 4. The lowest BCUT2D eigenvalue weighted by Gasteiger charge is -2.10. The molecule has 0 aliphatic heterocycles. The number of carbonyl (C=O) groups is 1. The fourth-order valence-electron chi connectivity index (χ4n) is 2.67. The Balaban J connectivity index is 1.98. The van der Waals surface area contributed by atoms with E-state index in [1.54, 1.807) is 10.8 Å². The van der Waals surface area contributed by atoms with Gasteiger partial charge in [0.25, 0.3) is 0 Å². The van der Waals surface area contributed by atoms with Gasteiger partial charge in [0.15, 0.2) is 0 Å². The number of nitrogens with zero attached hydrogens (tertiary/aromatic N) is 1. The van der Waals surface area contributed by atoms with Crippen molar-refractivity contribution in [1.82, 2.24) is 4.57 Å². The normalized spacial score (nSPS) is 11.7. The summed E-state index contributed by atoms with van der Waals surface area (Å²) in [6.45, 7) is 0.0749. The molecule has 0 radical (unpaired) electrons. The first-order valence-corrected chi connectivity index (χ1v) is 7.33. The summed E-state index contributed by atoms with van der Waals surface area (Å²) in [7, 11) is 1.16. The maximum absolute atomic E-state index is 14.5. The number of hydrogen-bond acceptors (Lipinski definition) is 2. The Labute approximate surface area is 140 Å². The van der Waals surface area contributed by atoms with Gasteiger partial charge in [0.1, 0.15) is 5.82 Å². The molecule has 0 unspecified atom stereocenters. The lowest BCUT2D eigenvalue weighted by Crippen LogP contribution is -2.09. The van der Waals surface area contributed by atoms with Crippen molar-refractivity contribution >= 4 is 16.9 Å². The van der Waals surface area contributed by atoms with Gasteiger partial charge in [0.05, 0.1) is 24.8 Å². The highest BCUT2D eigenvalue weighted by Gasteiger charge is 2.30. The Bertz CT molecular complexity index is 944. The second-order valence-electron chi connectivity index (χ2n) is 5.49. The molecule has 2 aromatic carbocycles. The molecular formula is C18H13F4NO2. The fraction of sp³-hybridized carbons (Fsp3) is 0.167. The van der Waals surface area contributed by atoms with E-state index in [9.17, 15) is 22.4 Å². The molecule has 3 nitrogen and oxygen atoms in total. The van der Waals surface area contributed by atoms with Gasteiger partial charge in [-0.2, -0.15) is 13.2 Å². The Kier molecular flexibility index (Phi) is 4.24. The summed E-state index contributed by atoms with van der Waals surface area (Å²) in [5, 5.41) is 0.402. The minimum absolute atomic E-state index is 0.0749. The lowest BCUT2D eigenvalue weighted by molar-refractivity contribution is -0.137. The number of alkyl halides is 3. The van der Waals surface area contributed by atoms with E-state index in [2.05, 4.69) is 4.74 Å². The van der Waals surface area contributed by atoms with Crippen molar-refractivity contribution in [2.75, 3.05) is 7.11 Å². The Morgan fingerprint density at radius 2 is 1.92 bits per heavy atom. The van der Waals surface area contributed by atoms with E-state index in [1.165, 1.54) is 30.3 Å². The fourth-order valence-corrected chi connectivity index (χ4v) is 2.67. The zero-order valence-corrected chi connectivity index (χ0v) is 13.1. The van der Waals surface area contributed by atoms with Crippen LogP contribution >= 0.6 is 0 Å². The van der Waals surface area contributed by atoms with E-state index < -0.39 is 23.5 Å². The van der Waals surface area contributed by atoms with Crippen molar-refractivity contribution in [1.29, 1.82) is 0 Å². The van der Waals surface area contributed by atoms with Gasteiger partial charge in [0, 0.05) is 22.7 Å². The van der Waals surface area contributed by atoms with E-state index >= 15 is 0 Å². The zero-order chi connectivity index (χ0) is 18.2. The molecule has 0 N–H and O–H groups in total. The summed E-state index contributed by atoms with van der Waals surface area (Å²) in [5.41, 5.74) is -0.149. The average molecular weight is 351 g/mol. The van der Waals surface area contributed by atoms with E-state index in [4.69, 9.17) is 0 Å². The van der Waals surface area contributed by atoms with Crippen LogP contribution in [0.25, 0.3) is 10.9 Å². The lowest BCUT2D eigenvalue weighted by atomic mass is 10.1. The highest BCUT2D eigenvalue weighted by molar-refractivity contribution is 5.89. The largest absolute Gasteiger partial charge is 0.465 e. The first kappa shape index (κ1) is 17.0. The number of rotatable bonds is 3. The molecule has 0 saturated carbocycles. The van der Waals surface area contributed by atoms with Gasteiger partial charge < -0.3 is 9.30 Å². The molecule has 3 aromatic rings. The SMILES string of the molecule is COC(=O)c1cccc(Cn2ccc3cc(C(F)(F)F)ccc32)c1F. The van der Waals surface area contributed by atoms with Gasteiger partial charge in [-0.1, -0.05) is 12.1 Å². The van der Waals surface area contributed by atoms with Gasteiger partial charge in [-0.15, -0.1) is 0 Å². The molecule has 1 aromatic heterocycles. The second-order valence-corrected chi connectivity index (χ2v) is 5.49. The van der Waals surface area contributed by atoms with Crippen LogP contribution in [0.3, 0.4) is 0 Å². The Hall–Kier alpha value is -2.83. The molecule has 0 saturated heterocycles. The molecule has 0 amide bonds. The third-order valence-corrected chi connectivity index (χ3v) is 3.92. The van der Waals surface area contributed by atoms with Crippen molar-refractivity contribution in [2.24, 2.45) is 0 Å². The summed E-state index contributed by atoms with van der Waals surface area (Å²) < 4.78 is 58.9. The van der Waals surface area contributed by atoms with Crippen molar-refractivity contribution in [3.63, 3.8) is 0 Å². The molecule has 1 heterocycles. The summed E-state index contributed by atoms with van der Waals surface area (Å²) in [6.07, 6.45) is -2.84. The van der Waals surface area contributed by atoms with Crippen LogP contribution in [0.15, 0.2) is 48.7 Å². The van der Waals surface area contributed by atoms with Crippen LogP contribution in [0, 0.1) is 5.82 Å². The number of ether oxygens (including phenoxy) is 1. The molecule has 25 heavy (non-hydrogen) atoms. The zero-order valence-electron chi connectivity index (χ0n) is 13.1. The van der Waals surface area contributed by atoms with Crippen molar-refractivity contribution in [3.05, 3.63) is 71.2 Å². The summed E-state index contributed by atoms with van der Waals surface area (Å²) in [4.78, 5) is 11.6. The van der Waals surface area contributed by atoms with E-state index in [0.29, 0.717) is 10.9 Å². The van der Waals surface area contributed by atoms with Crippen LogP contribution in [0.1, 0.15) is 21.5 Å². The van der Waals surface area contributed by atoms with E-state index in [0.717, 1.165) is 19.2 Å². The number of carbonyl (C=O) groups excluding carboxylic acids is 1. The number of methoxy groups -OCH3 is 1. The molecule has 130 valence electrons. The van der Waals surface area contributed by atoms with Crippen molar-refractivity contribution in [2.45, 2.75) is 12.7 Å². The third kappa shape index (κ3) is 3.22. The second kappa shape index (κ2) is 6.23. The van der Waals surface area contributed by atoms with E-state index in [1.807, 2.05) is 0 Å². The van der Waals surface area contributed by atoms with Crippen LogP contribution in [0.2, 0.25) is 0 Å². The van der Waals surface area contributed by atoms with Crippen LogP contribution in [0.5, 0.6) is 0 Å². The maximum Gasteiger partial charge on any atom is 0.416 e. The summed E-state index contributed by atoms with van der Waals surface area (Å²) in [5.74, 6) is -1.49. The number of hydrogen-bond donors (Lipinski definition) is 0. The van der Waals surface area contributed by atoms with Gasteiger partial charge >= 0.3 is 12.1 Å². The smallest absolute Gasteiger partial charge is 0.416 e. The topological polar surface area (TPSA) is 31.2 Å². The number of benzene rings is 2. The Morgan fingerprint density at radius 1 is 1.16 bits per heavy atom. The van der Waals surface area contributed by atoms with Gasteiger partial charge in [-0.3, -0.25) is 0 Å². The molecule has 0 spiro atoms. The van der Waals surface area contributed by atoms with Crippen LogP contribution in [-0.2, 0) is 17.5 Å². The van der Waals surface area contributed by atoms with Gasteiger partial charge in [-0.05, 0) is 30.3 Å². The molecule has 0 aliphatic rings.